The number of methoxy groups -OCH3 is 1. The number of carbonyl (C=O) groups excluding carboxylic acids is 2. The quantitative estimate of drug-likeness (QED) is 0.336. The summed E-state index contributed by atoms with van der Waals surface area (Å²) in [6.45, 7) is 1.54. The maximum Gasteiger partial charge on any atom is 0.305 e. The van der Waals surface area contributed by atoms with Gasteiger partial charge in [0.15, 0.2) is 18.9 Å². The molecule has 1 aromatic heterocycles. The number of esters is 1. The lowest BCUT2D eigenvalue weighted by Gasteiger charge is -2.34. The summed E-state index contributed by atoms with van der Waals surface area (Å²) in [7, 11) is 1.45. The van der Waals surface area contributed by atoms with Crippen LogP contribution in [0.3, 0.4) is 0 Å². The van der Waals surface area contributed by atoms with Gasteiger partial charge in [-0.1, -0.05) is 42.5 Å². The van der Waals surface area contributed by atoms with Crippen molar-refractivity contribution < 1.29 is 35.9 Å². The van der Waals surface area contributed by atoms with Gasteiger partial charge in [0, 0.05) is 42.3 Å². The van der Waals surface area contributed by atoms with Crippen molar-refractivity contribution in [3.05, 3.63) is 89.7 Å². The van der Waals surface area contributed by atoms with Crippen molar-refractivity contribution in [2.45, 2.75) is 57.7 Å². The summed E-state index contributed by atoms with van der Waals surface area (Å²) in [6.07, 6.45) is 9.75. The number of pyridine rings is 1. The third-order valence-corrected chi connectivity index (χ3v) is 7.62. The monoisotopic (exact) mass is 548 g/mol. The predicted molar refractivity (Wildman–Crippen MR) is 134 cm³/mol. The van der Waals surface area contributed by atoms with Gasteiger partial charge in [0.25, 0.3) is 5.91 Å². The molecule has 1 amide bonds. The lowest BCUT2D eigenvalue weighted by atomic mass is 9.83. The molecule has 1 fully saturated rings. The van der Waals surface area contributed by atoms with Crippen molar-refractivity contribution >= 4 is 11.9 Å². The third kappa shape index (κ3) is 5.86. The standard InChI is InChI=1S/C30H33N2O3.BrH/c1-35-29(33)14-9-22-7-12-27(13-8-22)32-21-26-11-10-25(19-28(26)30(32)34)24-15-17-31(18-16-24)20-23-5-3-2-4-6-23;/h2-6,10-11,15-19,22,27H,7-9,12-14,20-21H2,1H3;1H/q+1;/p-1/t22-,27-;. The Morgan fingerprint density at radius 2 is 1.69 bits per heavy atom. The Morgan fingerprint density at radius 1 is 0.972 bits per heavy atom. The second kappa shape index (κ2) is 11.8. The molecule has 0 spiro atoms. The van der Waals surface area contributed by atoms with E-state index in [9.17, 15) is 9.59 Å². The Labute approximate surface area is 223 Å². The smallest absolute Gasteiger partial charge is 0.305 e. The number of ether oxygens (including phenoxy) is 1. The van der Waals surface area contributed by atoms with Crippen molar-refractivity contribution in [2.75, 3.05) is 7.11 Å². The Bertz CT molecular complexity index is 1190. The molecule has 1 aliphatic heterocycles. The minimum absolute atomic E-state index is 0. The zero-order chi connectivity index (χ0) is 24.2. The minimum Gasteiger partial charge on any atom is -1.00 e. The number of fused-ring (bicyclic) bond motifs is 1. The van der Waals surface area contributed by atoms with E-state index >= 15 is 0 Å². The first-order valence-electron chi connectivity index (χ1n) is 12.6. The molecule has 36 heavy (non-hydrogen) atoms. The maximum atomic E-state index is 13.3. The van der Waals surface area contributed by atoms with Gasteiger partial charge >= 0.3 is 5.97 Å². The maximum absolute atomic E-state index is 13.3. The molecule has 6 heteroatoms. The molecule has 1 saturated carbocycles. The van der Waals surface area contributed by atoms with Gasteiger partial charge in [-0.15, -0.1) is 0 Å². The summed E-state index contributed by atoms with van der Waals surface area (Å²) in [5, 5.41) is 0. The zero-order valence-corrected chi connectivity index (χ0v) is 22.3. The molecule has 0 unspecified atom stereocenters. The Balaban J connectivity index is 0.00000304. The van der Waals surface area contributed by atoms with Crippen LogP contribution in [-0.2, 0) is 22.6 Å². The van der Waals surface area contributed by atoms with Crippen LogP contribution in [0.25, 0.3) is 11.1 Å². The van der Waals surface area contributed by atoms with Crippen LogP contribution >= 0.6 is 0 Å². The lowest BCUT2D eigenvalue weighted by molar-refractivity contribution is -0.688. The van der Waals surface area contributed by atoms with Crippen LogP contribution in [0.1, 0.15) is 60.0 Å². The van der Waals surface area contributed by atoms with E-state index in [-0.39, 0.29) is 28.9 Å². The van der Waals surface area contributed by atoms with Gasteiger partial charge in [0.2, 0.25) is 0 Å². The molecule has 0 saturated heterocycles. The fourth-order valence-electron chi connectivity index (χ4n) is 5.52. The van der Waals surface area contributed by atoms with Crippen LogP contribution in [0.4, 0.5) is 0 Å². The highest BCUT2D eigenvalue weighted by atomic mass is 79.9. The van der Waals surface area contributed by atoms with Crippen molar-refractivity contribution in [3.8, 4) is 11.1 Å². The van der Waals surface area contributed by atoms with Crippen molar-refractivity contribution in [1.29, 1.82) is 0 Å². The summed E-state index contributed by atoms with van der Waals surface area (Å²) in [4.78, 5) is 26.8. The van der Waals surface area contributed by atoms with Gasteiger partial charge in [0.1, 0.15) is 0 Å². The minimum atomic E-state index is -0.127. The number of aromatic nitrogens is 1. The van der Waals surface area contributed by atoms with E-state index in [4.69, 9.17) is 4.74 Å². The lowest BCUT2D eigenvalue weighted by Crippen LogP contribution is -3.00. The topological polar surface area (TPSA) is 50.5 Å². The Morgan fingerprint density at radius 3 is 2.39 bits per heavy atom. The summed E-state index contributed by atoms with van der Waals surface area (Å²) in [5.74, 6) is 0.590. The first-order valence-corrected chi connectivity index (χ1v) is 12.6. The van der Waals surface area contributed by atoms with Crippen molar-refractivity contribution in [1.82, 2.24) is 4.90 Å². The second-order valence-corrected chi connectivity index (χ2v) is 9.84. The van der Waals surface area contributed by atoms with Crippen LogP contribution < -0.4 is 21.5 Å². The van der Waals surface area contributed by atoms with Crippen molar-refractivity contribution in [3.63, 3.8) is 0 Å². The van der Waals surface area contributed by atoms with E-state index in [1.54, 1.807) is 0 Å². The van der Waals surface area contributed by atoms with Crippen LogP contribution in [0.5, 0.6) is 0 Å². The largest absolute Gasteiger partial charge is 1.00 e. The SMILES string of the molecule is COC(=O)CC[C@H]1CC[C@H](N2Cc3ccc(-c4cc[n+](Cc5ccccc5)cc4)cc3C2=O)CC1.[Br-]. The normalized spacial score (nSPS) is 18.9. The molecule has 0 bridgehead atoms. The molecule has 1 aliphatic carbocycles. The molecule has 188 valence electrons. The van der Waals surface area contributed by atoms with Gasteiger partial charge in [-0.3, -0.25) is 9.59 Å². The fourth-order valence-corrected chi connectivity index (χ4v) is 5.52. The second-order valence-electron chi connectivity index (χ2n) is 9.84. The molecule has 0 atom stereocenters. The van der Waals surface area contributed by atoms with Gasteiger partial charge in [-0.05, 0) is 60.8 Å². The van der Waals surface area contributed by atoms with E-state index in [1.165, 1.54) is 12.7 Å². The number of benzene rings is 2. The average molecular weight is 550 g/mol. The van der Waals surface area contributed by atoms with Gasteiger partial charge in [0.05, 0.1) is 7.11 Å². The highest BCUT2D eigenvalue weighted by Crippen LogP contribution is 2.36. The molecular formula is C30H33BrN2O3. The first-order chi connectivity index (χ1) is 17.1. The summed E-state index contributed by atoms with van der Waals surface area (Å²) >= 11 is 0. The van der Waals surface area contributed by atoms with E-state index in [0.717, 1.165) is 60.9 Å². The molecule has 5 rings (SSSR count). The molecule has 0 N–H and O–H groups in total. The average Bonchev–Trinajstić information content (AvgIpc) is 3.24. The van der Waals surface area contributed by atoms with E-state index < -0.39 is 0 Å². The highest BCUT2D eigenvalue weighted by Gasteiger charge is 2.35. The number of halogens is 1. The molecule has 2 aromatic carbocycles. The van der Waals surface area contributed by atoms with Crippen LogP contribution in [0.15, 0.2) is 73.1 Å². The van der Waals surface area contributed by atoms with E-state index in [1.807, 2.05) is 6.07 Å². The van der Waals surface area contributed by atoms with Crippen molar-refractivity contribution in [2.24, 2.45) is 5.92 Å². The van der Waals surface area contributed by atoms with Crippen LogP contribution in [0, 0.1) is 5.92 Å². The van der Waals surface area contributed by atoms with Gasteiger partial charge in [-0.2, -0.15) is 0 Å². The van der Waals surface area contributed by atoms with Crippen LogP contribution in [0.2, 0.25) is 0 Å². The Hall–Kier alpha value is -2.99. The highest BCUT2D eigenvalue weighted by molar-refractivity contribution is 5.99. The molecule has 3 aromatic rings. The van der Waals surface area contributed by atoms with Gasteiger partial charge < -0.3 is 26.6 Å². The summed E-state index contributed by atoms with van der Waals surface area (Å²) in [5.41, 5.74) is 5.44. The number of amides is 1. The first kappa shape index (κ1) is 26.1. The number of nitrogens with zero attached hydrogens (tertiary/aromatic N) is 2. The summed E-state index contributed by atoms with van der Waals surface area (Å²) < 4.78 is 6.94. The van der Waals surface area contributed by atoms with Gasteiger partial charge in [-0.25, -0.2) is 4.57 Å². The Kier molecular flexibility index (Phi) is 8.57. The number of hydrogen-bond acceptors (Lipinski definition) is 3. The molecule has 2 aliphatic rings. The zero-order valence-electron chi connectivity index (χ0n) is 20.7. The van der Waals surface area contributed by atoms with Crippen LogP contribution in [-0.4, -0.2) is 29.9 Å². The number of rotatable bonds is 7. The molecule has 5 nitrogen and oxygen atoms in total. The fraction of sp³-hybridized carbons (Fsp3) is 0.367. The third-order valence-electron chi connectivity index (χ3n) is 7.62. The molecule has 2 heterocycles. The van der Waals surface area contributed by atoms with E-state index in [2.05, 4.69) is 76.5 Å². The molecular weight excluding hydrogens is 516 g/mol. The predicted octanol–water partition coefficient (Wildman–Crippen LogP) is 2.16. The molecule has 0 radical (unpaired) electrons. The van der Waals surface area contributed by atoms with E-state index in [0.29, 0.717) is 24.9 Å². The number of hydrogen-bond donors (Lipinski definition) is 0. The summed E-state index contributed by atoms with van der Waals surface area (Å²) in [6, 6.07) is 21.3. The number of carbonyl (C=O) groups is 2.